The zero-order valence-electron chi connectivity index (χ0n) is 10.5. The summed E-state index contributed by atoms with van der Waals surface area (Å²) < 4.78 is 10.8. The van der Waals surface area contributed by atoms with E-state index in [1.54, 1.807) is 14.2 Å². The van der Waals surface area contributed by atoms with E-state index in [-0.39, 0.29) is 0 Å². The molecular formula is C13H18ClNO2. The van der Waals surface area contributed by atoms with Gasteiger partial charge in [0, 0.05) is 29.1 Å². The van der Waals surface area contributed by atoms with E-state index in [1.165, 1.54) is 5.56 Å². The molecule has 17 heavy (non-hydrogen) atoms. The van der Waals surface area contributed by atoms with Gasteiger partial charge in [-0.05, 0) is 25.5 Å². The summed E-state index contributed by atoms with van der Waals surface area (Å²) in [6.07, 6.45) is 1.11. The van der Waals surface area contributed by atoms with Gasteiger partial charge in [0.15, 0.2) is 11.5 Å². The van der Waals surface area contributed by atoms with Crippen molar-refractivity contribution in [2.24, 2.45) is 0 Å². The van der Waals surface area contributed by atoms with Gasteiger partial charge in [-0.15, -0.1) is 0 Å². The highest BCUT2D eigenvalue weighted by atomic mass is 35.5. The molecule has 0 bridgehead atoms. The summed E-state index contributed by atoms with van der Waals surface area (Å²) in [5, 5.41) is 4.11. The molecular weight excluding hydrogens is 238 g/mol. The van der Waals surface area contributed by atoms with Gasteiger partial charge >= 0.3 is 0 Å². The summed E-state index contributed by atoms with van der Waals surface area (Å²) in [5.41, 5.74) is 2.28. The van der Waals surface area contributed by atoms with Crippen molar-refractivity contribution in [2.75, 3.05) is 27.3 Å². The number of rotatable bonds is 3. The summed E-state index contributed by atoms with van der Waals surface area (Å²) in [5.74, 6) is 1.99. The number of hydrogen-bond donors (Lipinski definition) is 1. The number of halogens is 1. The molecule has 0 radical (unpaired) electrons. The topological polar surface area (TPSA) is 30.5 Å². The van der Waals surface area contributed by atoms with Gasteiger partial charge in [0.2, 0.25) is 0 Å². The van der Waals surface area contributed by atoms with Crippen LogP contribution in [0.1, 0.15) is 23.5 Å². The average Bonchev–Trinajstić information content (AvgIpc) is 2.85. The van der Waals surface area contributed by atoms with Crippen molar-refractivity contribution in [1.82, 2.24) is 5.32 Å². The van der Waals surface area contributed by atoms with Gasteiger partial charge in [-0.1, -0.05) is 11.6 Å². The molecule has 3 nitrogen and oxygen atoms in total. The lowest BCUT2D eigenvalue weighted by Crippen LogP contribution is -2.10. The highest BCUT2D eigenvalue weighted by Gasteiger charge is 2.26. The first-order valence-corrected chi connectivity index (χ1v) is 6.18. The summed E-state index contributed by atoms with van der Waals surface area (Å²) in [6.45, 7) is 4.06. The van der Waals surface area contributed by atoms with Crippen LogP contribution in [0, 0.1) is 6.92 Å². The fraction of sp³-hybridized carbons (Fsp3) is 0.538. The molecule has 0 aliphatic carbocycles. The second kappa shape index (κ2) is 5.15. The van der Waals surface area contributed by atoms with Crippen LogP contribution < -0.4 is 14.8 Å². The van der Waals surface area contributed by atoms with E-state index in [2.05, 4.69) is 5.32 Å². The zero-order chi connectivity index (χ0) is 12.4. The first-order chi connectivity index (χ1) is 8.19. The Bertz CT molecular complexity index is 414. The molecule has 0 aromatic heterocycles. The Kier molecular flexibility index (Phi) is 3.79. The van der Waals surface area contributed by atoms with E-state index >= 15 is 0 Å². The fourth-order valence-electron chi connectivity index (χ4n) is 2.48. The van der Waals surface area contributed by atoms with Gasteiger partial charge in [-0.3, -0.25) is 0 Å². The summed E-state index contributed by atoms with van der Waals surface area (Å²) in [7, 11) is 3.32. The Labute approximate surface area is 107 Å². The molecule has 2 rings (SSSR count). The average molecular weight is 256 g/mol. The minimum absolute atomic E-state index is 0.456. The second-order valence-corrected chi connectivity index (χ2v) is 4.73. The van der Waals surface area contributed by atoms with Crippen LogP contribution in [0.5, 0.6) is 11.5 Å². The van der Waals surface area contributed by atoms with E-state index in [9.17, 15) is 0 Å². The fourth-order valence-corrected chi connectivity index (χ4v) is 2.68. The standard InChI is InChI=1S/C13H18ClNO2/c1-8-10(14)6-11(16-2)13(17-3)12(8)9-4-5-15-7-9/h6,9,15H,4-5,7H2,1-3H3. The molecule has 94 valence electrons. The monoisotopic (exact) mass is 255 g/mol. The Morgan fingerprint density at radius 1 is 1.35 bits per heavy atom. The van der Waals surface area contributed by atoms with Crippen molar-refractivity contribution in [3.05, 3.63) is 22.2 Å². The minimum atomic E-state index is 0.456. The van der Waals surface area contributed by atoms with Crippen molar-refractivity contribution in [3.8, 4) is 11.5 Å². The molecule has 1 aromatic carbocycles. The molecule has 1 saturated heterocycles. The molecule has 1 heterocycles. The lowest BCUT2D eigenvalue weighted by molar-refractivity contribution is 0.349. The minimum Gasteiger partial charge on any atom is -0.493 e. The van der Waals surface area contributed by atoms with Gasteiger partial charge < -0.3 is 14.8 Å². The van der Waals surface area contributed by atoms with Crippen LogP contribution in [0.15, 0.2) is 6.07 Å². The Hall–Kier alpha value is -0.930. The SMILES string of the molecule is COc1cc(Cl)c(C)c(C2CCNC2)c1OC. The van der Waals surface area contributed by atoms with Crippen LogP contribution >= 0.6 is 11.6 Å². The Balaban J connectivity index is 2.56. The van der Waals surface area contributed by atoms with Gasteiger partial charge in [-0.2, -0.15) is 0 Å². The van der Waals surface area contributed by atoms with Crippen molar-refractivity contribution in [3.63, 3.8) is 0 Å². The molecule has 1 aliphatic rings. The molecule has 1 unspecified atom stereocenters. The molecule has 1 fully saturated rings. The van der Waals surface area contributed by atoms with Crippen LogP contribution in [0.3, 0.4) is 0 Å². The molecule has 1 N–H and O–H groups in total. The van der Waals surface area contributed by atoms with Crippen LogP contribution in [0.25, 0.3) is 0 Å². The highest BCUT2D eigenvalue weighted by Crippen LogP contribution is 2.43. The molecule has 0 spiro atoms. The van der Waals surface area contributed by atoms with Crippen LogP contribution in [0.4, 0.5) is 0 Å². The summed E-state index contributed by atoms with van der Waals surface area (Å²) in [6, 6.07) is 1.82. The smallest absolute Gasteiger partial charge is 0.164 e. The summed E-state index contributed by atoms with van der Waals surface area (Å²) >= 11 is 6.25. The van der Waals surface area contributed by atoms with Crippen molar-refractivity contribution in [2.45, 2.75) is 19.3 Å². The molecule has 0 amide bonds. The lowest BCUT2D eigenvalue weighted by Gasteiger charge is -2.20. The quantitative estimate of drug-likeness (QED) is 0.901. The maximum absolute atomic E-state index is 6.25. The van der Waals surface area contributed by atoms with Crippen LogP contribution in [-0.4, -0.2) is 27.3 Å². The van der Waals surface area contributed by atoms with Crippen molar-refractivity contribution >= 4 is 11.6 Å². The predicted molar refractivity (Wildman–Crippen MR) is 69.5 cm³/mol. The van der Waals surface area contributed by atoms with Gasteiger partial charge in [0.25, 0.3) is 0 Å². The van der Waals surface area contributed by atoms with Gasteiger partial charge in [-0.25, -0.2) is 0 Å². The maximum Gasteiger partial charge on any atom is 0.164 e. The lowest BCUT2D eigenvalue weighted by atomic mass is 9.92. The maximum atomic E-state index is 6.25. The molecule has 0 saturated carbocycles. The third kappa shape index (κ3) is 2.22. The van der Waals surface area contributed by atoms with Crippen LogP contribution in [0.2, 0.25) is 5.02 Å². The molecule has 1 aliphatic heterocycles. The normalized spacial score (nSPS) is 19.4. The largest absolute Gasteiger partial charge is 0.493 e. The van der Waals surface area contributed by atoms with Gasteiger partial charge in [0.05, 0.1) is 14.2 Å². The summed E-state index contributed by atoms with van der Waals surface area (Å²) in [4.78, 5) is 0. The van der Waals surface area contributed by atoms with Gasteiger partial charge in [0.1, 0.15) is 0 Å². The number of hydrogen-bond acceptors (Lipinski definition) is 3. The Morgan fingerprint density at radius 2 is 2.12 bits per heavy atom. The van der Waals surface area contributed by atoms with E-state index in [1.807, 2.05) is 13.0 Å². The zero-order valence-corrected chi connectivity index (χ0v) is 11.2. The van der Waals surface area contributed by atoms with E-state index < -0.39 is 0 Å². The Morgan fingerprint density at radius 3 is 2.65 bits per heavy atom. The predicted octanol–water partition coefficient (Wildman–Crippen LogP) is 2.74. The third-order valence-corrected chi connectivity index (χ3v) is 3.77. The number of ether oxygens (including phenoxy) is 2. The first-order valence-electron chi connectivity index (χ1n) is 5.80. The number of benzene rings is 1. The van der Waals surface area contributed by atoms with Crippen LogP contribution in [-0.2, 0) is 0 Å². The molecule has 1 atom stereocenters. The number of nitrogens with one attached hydrogen (secondary N) is 1. The van der Waals surface area contributed by atoms with Crippen molar-refractivity contribution in [1.29, 1.82) is 0 Å². The van der Waals surface area contributed by atoms with E-state index in [0.29, 0.717) is 11.7 Å². The number of methoxy groups -OCH3 is 2. The highest BCUT2D eigenvalue weighted by molar-refractivity contribution is 6.31. The van der Waals surface area contributed by atoms with E-state index in [4.69, 9.17) is 21.1 Å². The second-order valence-electron chi connectivity index (χ2n) is 4.32. The van der Waals surface area contributed by atoms with Crippen molar-refractivity contribution < 1.29 is 9.47 Å². The molecule has 4 heteroatoms. The first kappa shape index (κ1) is 12.5. The van der Waals surface area contributed by atoms with E-state index in [0.717, 1.165) is 35.8 Å². The third-order valence-electron chi connectivity index (χ3n) is 3.38. The molecule has 1 aromatic rings.